The van der Waals surface area contributed by atoms with Gasteiger partial charge in [0.1, 0.15) is 10.7 Å². The highest BCUT2D eigenvalue weighted by Gasteiger charge is 2.22. The van der Waals surface area contributed by atoms with Crippen LogP contribution < -0.4 is 11.3 Å². The van der Waals surface area contributed by atoms with Gasteiger partial charge >= 0.3 is 0 Å². The fraction of sp³-hybridized carbons (Fsp3) is 0.818. The van der Waals surface area contributed by atoms with Crippen molar-refractivity contribution in [3.05, 3.63) is 5.69 Å². The van der Waals surface area contributed by atoms with E-state index in [1.165, 1.54) is 43.6 Å². The van der Waals surface area contributed by atoms with E-state index in [-0.39, 0.29) is 6.61 Å². The molecule has 1 aromatic heterocycles. The largest absolute Gasteiger partial charge is 0.395 e. The first-order valence-corrected chi connectivity index (χ1v) is 7.25. The van der Waals surface area contributed by atoms with Crippen LogP contribution >= 0.6 is 11.5 Å². The molecule has 2 rings (SSSR count). The maximum atomic E-state index is 9.21. The highest BCUT2D eigenvalue weighted by molar-refractivity contribution is 7.10. The number of anilines is 1. The van der Waals surface area contributed by atoms with Crippen LogP contribution in [0.15, 0.2) is 0 Å². The van der Waals surface area contributed by atoms with Gasteiger partial charge in [-0.2, -0.15) is 0 Å². The van der Waals surface area contributed by atoms with Gasteiger partial charge in [0.2, 0.25) is 0 Å². The third-order valence-electron chi connectivity index (χ3n) is 3.52. The molecule has 0 unspecified atom stereocenters. The SMILES string of the molecule is NNc1snnc1CN(CCO)C1CCCCC1. The second-order valence-corrected chi connectivity index (χ2v) is 5.43. The highest BCUT2D eigenvalue weighted by atomic mass is 32.1. The van der Waals surface area contributed by atoms with E-state index in [4.69, 9.17) is 5.84 Å². The van der Waals surface area contributed by atoms with Gasteiger partial charge in [0.25, 0.3) is 0 Å². The monoisotopic (exact) mass is 271 g/mol. The van der Waals surface area contributed by atoms with E-state index in [0.717, 1.165) is 10.7 Å². The van der Waals surface area contributed by atoms with Crippen molar-refractivity contribution in [1.82, 2.24) is 14.5 Å². The molecular weight excluding hydrogens is 250 g/mol. The molecule has 1 aliphatic carbocycles. The summed E-state index contributed by atoms with van der Waals surface area (Å²) in [5.41, 5.74) is 3.51. The van der Waals surface area contributed by atoms with E-state index in [0.29, 0.717) is 19.1 Å². The number of nitrogen functional groups attached to an aromatic ring is 1. The van der Waals surface area contributed by atoms with Crippen LogP contribution in [0.5, 0.6) is 0 Å². The summed E-state index contributed by atoms with van der Waals surface area (Å²) in [6, 6.07) is 0.554. The maximum Gasteiger partial charge on any atom is 0.148 e. The average molecular weight is 271 g/mol. The molecule has 7 heteroatoms. The van der Waals surface area contributed by atoms with Gasteiger partial charge in [-0.3, -0.25) is 4.90 Å². The second kappa shape index (κ2) is 6.98. The van der Waals surface area contributed by atoms with Crippen LogP contribution in [0.3, 0.4) is 0 Å². The van der Waals surface area contributed by atoms with Crippen LogP contribution in [0, 0.1) is 0 Å². The Morgan fingerprint density at radius 1 is 1.39 bits per heavy atom. The fourth-order valence-corrected chi connectivity index (χ4v) is 3.06. The molecule has 0 radical (unpaired) electrons. The molecule has 18 heavy (non-hydrogen) atoms. The summed E-state index contributed by atoms with van der Waals surface area (Å²) >= 11 is 1.27. The van der Waals surface area contributed by atoms with E-state index in [2.05, 4.69) is 19.9 Å². The molecule has 0 saturated heterocycles. The van der Waals surface area contributed by atoms with Crippen molar-refractivity contribution in [2.75, 3.05) is 18.6 Å². The average Bonchev–Trinajstić information content (AvgIpc) is 2.86. The number of hydrogen-bond acceptors (Lipinski definition) is 7. The topological polar surface area (TPSA) is 87.3 Å². The first-order chi connectivity index (χ1) is 8.85. The third kappa shape index (κ3) is 3.38. The van der Waals surface area contributed by atoms with Crippen LogP contribution in [-0.4, -0.2) is 38.8 Å². The van der Waals surface area contributed by atoms with Crippen LogP contribution in [0.4, 0.5) is 5.00 Å². The van der Waals surface area contributed by atoms with Gasteiger partial charge < -0.3 is 10.5 Å². The molecule has 0 aliphatic heterocycles. The smallest absolute Gasteiger partial charge is 0.148 e. The molecular formula is C11H21N5OS. The van der Waals surface area contributed by atoms with Gasteiger partial charge in [-0.05, 0) is 12.8 Å². The van der Waals surface area contributed by atoms with Gasteiger partial charge in [-0.1, -0.05) is 23.8 Å². The minimum absolute atomic E-state index is 0.180. The summed E-state index contributed by atoms with van der Waals surface area (Å²) in [4.78, 5) is 2.30. The Labute approximate surface area is 111 Å². The number of hydrazine groups is 1. The molecule has 1 aromatic rings. The molecule has 102 valence electrons. The summed E-state index contributed by atoms with van der Waals surface area (Å²) in [6.45, 7) is 1.58. The van der Waals surface area contributed by atoms with Crippen LogP contribution in [0.25, 0.3) is 0 Å². The van der Waals surface area contributed by atoms with Gasteiger partial charge in [0.15, 0.2) is 0 Å². The highest BCUT2D eigenvalue weighted by Crippen LogP contribution is 2.25. The molecule has 0 aromatic carbocycles. The number of rotatable bonds is 6. The van der Waals surface area contributed by atoms with Crippen molar-refractivity contribution in [3.8, 4) is 0 Å². The lowest BCUT2D eigenvalue weighted by Crippen LogP contribution is -2.38. The number of aliphatic hydroxyl groups is 1. The summed E-state index contributed by atoms with van der Waals surface area (Å²) in [5.74, 6) is 5.44. The normalized spacial score (nSPS) is 17.3. The Morgan fingerprint density at radius 2 is 2.17 bits per heavy atom. The zero-order valence-corrected chi connectivity index (χ0v) is 11.3. The van der Waals surface area contributed by atoms with Crippen molar-refractivity contribution in [2.45, 2.75) is 44.7 Å². The van der Waals surface area contributed by atoms with E-state index in [1.54, 1.807) is 0 Å². The van der Waals surface area contributed by atoms with Gasteiger partial charge in [0, 0.05) is 30.7 Å². The molecule has 0 bridgehead atoms. The van der Waals surface area contributed by atoms with Crippen LogP contribution in [-0.2, 0) is 6.54 Å². The number of hydrogen-bond donors (Lipinski definition) is 3. The zero-order valence-electron chi connectivity index (χ0n) is 10.5. The Bertz CT molecular complexity index is 353. The lowest BCUT2D eigenvalue weighted by molar-refractivity contribution is 0.116. The summed E-state index contributed by atoms with van der Waals surface area (Å²) < 4.78 is 3.91. The van der Waals surface area contributed by atoms with Gasteiger partial charge in [-0.15, -0.1) is 5.10 Å². The summed E-state index contributed by atoms with van der Waals surface area (Å²) in [6.07, 6.45) is 6.32. The Kier molecular flexibility index (Phi) is 5.30. The maximum absolute atomic E-state index is 9.21. The third-order valence-corrected chi connectivity index (χ3v) is 4.22. The summed E-state index contributed by atoms with van der Waals surface area (Å²) in [7, 11) is 0. The molecule has 6 nitrogen and oxygen atoms in total. The molecule has 0 spiro atoms. The molecule has 4 N–H and O–H groups in total. The van der Waals surface area contributed by atoms with Gasteiger partial charge in [0.05, 0.1) is 6.61 Å². The number of nitrogens with zero attached hydrogens (tertiary/aromatic N) is 3. The van der Waals surface area contributed by atoms with Gasteiger partial charge in [-0.25, -0.2) is 5.84 Å². The fourth-order valence-electron chi connectivity index (χ4n) is 2.58. The Balaban J connectivity index is 2.00. The quantitative estimate of drug-likeness (QED) is 0.527. The van der Waals surface area contributed by atoms with E-state index >= 15 is 0 Å². The molecule has 1 saturated carbocycles. The molecule has 0 atom stereocenters. The first-order valence-electron chi connectivity index (χ1n) is 6.48. The number of nitrogens with one attached hydrogen (secondary N) is 1. The lowest BCUT2D eigenvalue weighted by atomic mass is 9.94. The van der Waals surface area contributed by atoms with E-state index < -0.39 is 0 Å². The summed E-state index contributed by atoms with van der Waals surface area (Å²) in [5, 5.41) is 14.1. The number of nitrogens with two attached hydrogens (primary N) is 1. The minimum atomic E-state index is 0.180. The van der Waals surface area contributed by atoms with E-state index in [9.17, 15) is 5.11 Å². The predicted molar refractivity (Wildman–Crippen MR) is 72.1 cm³/mol. The Hall–Kier alpha value is -0.760. The van der Waals surface area contributed by atoms with Crippen LogP contribution in [0.2, 0.25) is 0 Å². The number of aliphatic hydroxyl groups excluding tert-OH is 1. The molecule has 1 heterocycles. The first kappa shape index (κ1) is 13.7. The van der Waals surface area contributed by atoms with Crippen molar-refractivity contribution in [3.63, 3.8) is 0 Å². The second-order valence-electron chi connectivity index (χ2n) is 4.68. The standard InChI is InChI=1S/C11H21N5OS/c12-13-11-10(14-15-18-11)8-16(6-7-17)9-4-2-1-3-5-9/h9,13,17H,1-8,12H2. The lowest BCUT2D eigenvalue weighted by Gasteiger charge is -2.33. The Morgan fingerprint density at radius 3 is 2.83 bits per heavy atom. The molecule has 1 fully saturated rings. The minimum Gasteiger partial charge on any atom is -0.395 e. The molecule has 1 aliphatic rings. The number of aromatic nitrogens is 2. The molecule has 0 amide bonds. The van der Waals surface area contributed by atoms with Crippen LogP contribution in [0.1, 0.15) is 37.8 Å². The van der Waals surface area contributed by atoms with E-state index in [1.807, 2.05) is 0 Å². The predicted octanol–water partition coefficient (Wildman–Crippen LogP) is 0.951. The van der Waals surface area contributed by atoms with Crippen molar-refractivity contribution in [2.24, 2.45) is 5.84 Å². The van der Waals surface area contributed by atoms with Crippen molar-refractivity contribution in [1.29, 1.82) is 0 Å². The zero-order chi connectivity index (χ0) is 12.8. The van der Waals surface area contributed by atoms with Crippen molar-refractivity contribution < 1.29 is 5.11 Å². The van der Waals surface area contributed by atoms with Crippen molar-refractivity contribution >= 4 is 16.5 Å².